The zero-order valence-corrected chi connectivity index (χ0v) is 18.8. The molecule has 0 amide bonds. The molecule has 169 valence electrons. The van der Waals surface area contributed by atoms with Crippen molar-refractivity contribution in [3.05, 3.63) is 97.6 Å². The predicted octanol–water partition coefficient (Wildman–Crippen LogP) is 4.80. The van der Waals surface area contributed by atoms with Gasteiger partial charge in [0.25, 0.3) is 10.0 Å². The van der Waals surface area contributed by atoms with E-state index in [4.69, 9.17) is 9.47 Å². The maximum atomic E-state index is 14.4. The molecule has 2 heterocycles. The summed E-state index contributed by atoms with van der Waals surface area (Å²) in [5, 5.41) is 0. The lowest BCUT2D eigenvalue weighted by Gasteiger charge is -2.13. The number of pyridine rings is 1. The summed E-state index contributed by atoms with van der Waals surface area (Å²) in [4.78, 5) is 4.24. The smallest absolute Gasteiger partial charge is 0.268 e. The lowest BCUT2D eigenvalue weighted by atomic mass is 10.1. The van der Waals surface area contributed by atoms with Gasteiger partial charge in [-0.25, -0.2) is 16.8 Å². The fraction of sp³-hybridized carbons (Fsp3) is 0.120. The van der Waals surface area contributed by atoms with Crippen molar-refractivity contribution in [1.29, 1.82) is 0 Å². The van der Waals surface area contributed by atoms with Gasteiger partial charge in [-0.1, -0.05) is 24.3 Å². The normalized spacial score (nSPS) is 11.5. The van der Waals surface area contributed by atoms with Crippen molar-refractivity contribution in [1.82, 2.24) is 8.96 Å². The summed E-state index contributed by atoms with van der Waals surface area (Å²) in [6, 6.07) is 15.8. The number of hydrogen-bond donors (Lipinski definition) is 0. The van der Waals surface area contributed by atoms with Crippen LogP contribution in [0.1, 0.15) is 5.56 Å². The summed E-state index contributed by atoms with van der Waals surface area (Å²) >= 11 is 0. The van der Waals surface area contributed by atoms with E-state index in [-0.39, 0.29) is 16.2 Å². The fourth-order valence-corrected chi connectivity index (χ4v) is 4.85. The van der Waals surface area contributed by atoms with Crippen LogP contribution in [0.25, 0.3) is 22.4 Å². The molecule has 6 nitrogen and oxygen atoms in total. The van der Waals surface area contributed by atoms with Gasteiger partial charge in [0, 0.05) is 30.6 Å². The molecular weight excluding hydrogens is 443 g/mol. The van der Waals surface area contributed by atoms with E-state index >= 15 is 0 Å². The van der Waals surface area contributed by atoms with Gasteiger partial charge >= 0.3 is 0 Å². The Hall–Kier alpha value is -3.49. The van der Waals surface area contributed by atoms with E-state index in [1.165, 1.54) is 24.4 Å². The first-order valence-corrected chi connectivity index (χ1v) is 11.6. The van der Waals surface area contributed by atoms with E-state index in [0.29, 0.717) is 35.7 Å². The van der Waals surface area contributed by atoms with Crippen molar-refractivity contribution in [3.8, 4) is 28.1 Å². The third-order valence-electron chi connectivity index (χ3n) is 4.99. The Morgan fingerprint density at radius 1 is 1.00 bits per heavy atom. The SMILES string of the molecule is [CH2]c1cc(-c2ccccc2F)n(S(=O)(=O)c2cccc(-c3cncc(OCCOC)c3)c2)c1. The molecule has 0 saturated heterocycles. The molecule has 4 rings (SSSR count). The highest BCUT2D eigenvalue weighted by molar-refractivity contribution is 7.90. The average molecular weight is 466 g/mol. The molecule has 1 radical (unpaired) electrons. The van der Waals surface area contributed by atoms with Gasteiger partial charge in [0.05, 0.1) is 23.4 Å². The molecule has 0 unspecified atom stereocenters. The number of benzene rings is 2. The quantitative estimate of drug-likeness (QED) is 0.350. The molecular formula is C25H22FN2O4S. The zero-order chi connectivity index (χ0) is 23.4. The largest absolute Gasteiger partial charge is 0.490 e. The molecule has 0 fully saturated rings. The standard InChI is InChI=1S/C25H22FN2O4S/c1-18-12-25(23-8-3-4-9-24(23)26)28(17-18)33(29,30)22-7-5-6-19(14-22)20-13-21(16-27-15-20)32-11-10-31-2/h3-9,12-17H,1,10-11H2,2H3. The Kier molecular flexibility index (Phi) is 6.57. The van der Waals surface area contributed by atoms with Crippen molar-refractivity contribution in [3.63, 3.8) is 0 Å². The Morgan fingerprint density at radius 3 is 2.61 bits per heavy atom. The molecule has 8 heteroatoms. The predicted molar refractivity (Wildman–Crippen MR) is 124 cm³/mol. The second kappa shape index (κ2) is 9.56. The summed E-state index contributed by atoms with van der Waals surface area (Å²) in [5.41, 5.74) is 2.19. The zero-order valence-electron chi connectivity index (χ0n) is 17.9. The van der Waals surface area contributed by atoms with E-state index < -0.39 is 15.8 Å². The van der Waals surface area contributed by atoms with Crippen LogP contribution in [-0.2, 0) is 14.8 Å². The fourth-order valence-electron chi connectivity index (χ4n) is 3.41. The molecule has 0 aliphatic heterocycles. The van der Waals surface area contributed by atoms with E-state index in [2.05, 4.69) is 11.9 Å². The Bertz CT molecular complexity index is 1380. The molecule has 0 aliphatic carbocycles. The summed E-state index contributed by atoms with van der Waals surface area (Å²) in [6.07, 6.45) is 4.59. The van der Waals surface area contributed by atoms with E-state index in [9.17, 15) is 12.8 Å². The molecule has 2 aromatic heterocycles. The lowest BCUT2D eigenvalue weighted by Crippen LogP contribution is -2.13. The van der Waals surface area contributed by atoms with Crippen LogP contribution >= 0.6 is 0 Å². The molecule has 0 N–H and O–H groups in total. The third kappa shape index (κ3) is 4.81. The van der Waals surface area contributed by atoms with Gasteiger partial charge in [-0.15, -0.1) is 0 Å². The van der Waals surface area contributed by atoms with Crippen molar-refractivity contribution >= 4 is 10.0 Å². The van der Waals surface area contributed by atoms with Gasteiger partial charge < -0.3 is 9.47 Å². The molecule has 0 spiro atoms. The van der Waals surface area contributed by atoms with Crippen LogP contribution in [0.4, 0.5) is 4.39 Å². The average Bonchev–Trinajstić information content (AvgIpc) is 3.22. The molecule has 0 aliphatic rings. The molecule has 0 bridgehead atoms. The van der Waals surface area contributed by atoms with Crippen LogP contribution in [0, 0.1) is 12.7 Å². The summed E-state index contributed by atoms with van der Waals surface area (Å²) in [6.45, 7) is 4.64. The Balaban J connectivity index is 1.73. The number of ether oxygens (including phenoxy) is 2. The maximum Gasteiger partial charge on any atom is 0.268 e. The van der Waals surface area contributed by atoms with E-state index in [0.717, 1.165) is 3.97 Å². The number of halogens is 1. The van der Waals surface area contributed by atoms with Crippen LogP contribution in [-0.4, -0.2) is 37.7 Å². The van der Waals surface area contributed by atoms with Gasteiger partial charge in [-0.2, -0.15) is 0 Å². The third-order valence-corrected chi connectivity index (χ3v) is 6.66. The summed E-state index contributed by atoms with van der Waals surface area (Å²) in [7, 11) is -2.44. The number of methoxy groups -OCH3 is 1. The first kappa shape index (κ1) is 22.7. The second-order valence-electron chi connectivity index (χ2n) is 7.29. The minimum absolute atomic E-state index is 0.0545. The topological polar surface area (TPSA) is 70.4 Å². The van der Waals surface area contributed by atoms with E-state index in [1.807, 2.05) is 0 Å². The van der Waals surface area contributed by atoms with Crippen LogP contribution in [0.5, 0.6) is 5.75 Å². The van der Waals surface area contributed by atoms with Gasteiger partial charge in [0.1, 0.15) is 18.2 Å². The monoisotopic (exact) mass is 465 g/mol. The number of hydrogen-bond acceptors (Lipinski definition) is 5. The second-order valence-corrected chi connectivity index (χ2v) is 9.11. The number of aromatic nitrogens is 2. The minimum Gasteiger partial charge on any atom is -0.490 e. The Labute approximate surface area is 192 Å². The highest BCUT2D eigenvalue weighted by Gasteiger charge is 2.23. The van der Waals surface area contributed by atoms with Crippen molar-refractivity contribution in [2.24, 2.45) is 0 Å². The first-order valence-electron chi connectivity index (χ1n) is 10.1. The molecule has 4 aromatic rings. The van der Waals surface area contributed by atoms with Crippen LogP contribution in [0.2, 0.25) is 0 Å². The van der Waals surface area contributed by atoms with Gasteiger partial charge in [0.15, 0.2) is 0 Å². The lowest BCUT2D eigenvalue weighted by molar-refractivity contribution is 0.146. The van der Waals surface area contributed by atoms with E-state index in [1.54, 1.807) is 62.0 Å². The highest BCUT2D eigenvalue weighted by Crippen LogP contribution is 2.31. The molecule has 2 aromatic carbocycles. The van der Waals surface area contributed by atoms with Crippen molar-refractivity contribution in [2.75, 3.05) is 20.3 Å². The number of rotatable bonds is 8. The summed E-state index contributed by atoms with van der Waals surface area (Å²) < 4.78 is 53.2. The molecule has 0 saturated carbocycles. The molecule has 0 atom stereocenters. The van der Waals surface area contributed by atoms with Crippen molar-refractivity contribution in [2.45, 2.75) is 4.90 Å². The minimum atomic E-state index is -4.03. The number of nitrogens with zero attached hydrogens (tertiary/aromatic N) is 2. The van der Waals surface area contributed by atoms with Gasteiger partial charge in [0.2, 0.25) is 0 Å². The van der Waals surface area contributed by atoms with Gasteiger partial charge in [-0.05, 0) is 54.4 Å². The maximum absolute atomic E-state index is 14.4. The van der Waals surface area contributed by atoms with Gasteiger partial charge in [-0.3, -0.25) is 4.98 Å². The van der Waals surface area contributed by atoms with Crippen molar-refractivity contribution < 1.29 is 22.3 Å². The first-order chi connectivity index (χ1) is 15.9. The van der Waals surface area contributed by atoms with Crippen LogP contribution in [0.15, 0.2) is 84.1 Å². The highest BCUT2D eigenvalue weighted by atomic mass is 32.2. The van der Waals surface area contributed by atoms with Crippen LogP contribution in [0.3, 0.4) is 0 Å². The summed E-state index contributed by atoms with van der Waals surface area (Å²) in [5.74, 6) is 0.0314. The van der Waals surface area contributed by atoms with Crippen LogP contribution < -0.4 is 4.74 Å². The Morgan fingerprint density at radius 2 is 1.82 bits per heavy atom. The molecule has 33 heavy (non-hydrogen) atoms.